The minimum absolute atomic E-state index is 0.143. The van der Waals surface area contributed by atoms with Crippen molar-refractivity contribution in [1.29, 1.82) is 0 Å². The number of nitrogens with zero attached hydrogens (tertiary/aromatic N) is 1. The van der Waals surface area contributed by atoms with E-state index in [9.17, 15) is 4.39 Å². The first-order chi connectivity index (χ1) is 8.22. The minimum Gasteiger partial charge on any atom is -0.347 e. The van der Waals surface area contributed by atoms with Crippen LogP contribution in [0.1, 0.15) is 16.8 Å². The second-order valence-electron chi connectivity index (χ2n) is 4.18. The van der Waals surface area contributed by atoms with E-state index in [4.69, 9.17) is 0 Å². The molecular weight excluding hydrogens is 215 g/mol. The third-order valence-corrected chi connectivity index (χ3v) is 3.02. The largest absolute Gasteiger partial charge is 0.347 e. The zero-order valence-electron chi connectivity index (χ0n) is 10.2. The van der Waals surface area contributed by atoms with Gasteiger partial charge in [-0.3, -0.25) is 0 Å². The summed E-state index contributed by atoms with van der Waals surface area (Å²) in [5.41, 5.74) is 3.16. The van der Waals surface area contributed by atoms with E-state index in [1.807, 2.05) is 25.4 Å². The summed E-state index contributed by atoms with van der Waals surface area (Å²) in [5, 5.41) is 3.13. The summed E-state index contributed by atoms with van der Waals surface area (Å²) < 4.78 is 15.6. The van der Waals surface area contributed by atoms with Crippen LogP contribution in [0.25, 0.3) is 0 Å². The molecule has 2 aromatic rings. The van der Waals surface area contributed by atoms with Gasteiger partial charge in [-0.2, -0.15) is 0 Å². The van der Waals surface area contributed by atoms with Crippen molar-refractivity contribution >= 4 is 0 Å². The van der Waals surface area contributed by atoms with Crippen molar-refractivity contribution in [3.63, 3.8) is 0 Å². The molecule has 0 fully saturated rings. The Morgan fingerprint density at radius 1 is 1.18 bits per heavy atom. The molecule has 0 aliphatic heterocycles. The van der Waals surface area contributed by atoms with Crippen molar-refractivity contribution in [3.8, 4) is 0 Å². The lowest BCUT2D eigenvalue weighted by molar-refractivity contribution is 0.597. The summed E-state index contributed by atoms with van der Waals surface area (Å²) in [4.78, 5) is 0. The van der Waals surface area contributed by atoms with Gasteiger partial charge in [-0.05, 0) is 31.7 Å². The molecular formula is C14H17FN2. The maximum absolute atomic E-state index is 13.5. The highest BCUT2D eigenvalue weighted by Gasteiger charge is 2.06. The second kappa shape index (κ2) is 5.15. The molecule has 0 bridgehead atoms. The fourth-order valence-corrected chi connectivity index (χ4v) is 1.96. The van der Waals surface area contributed by atoms with E-state index in [0.717, 1.165) is 12.1 Å². The van der Waals surface area contributed by atoms with Crippen molar-refractivity contribution < 1.29 is 4.39 Å². The topological polar surface area (TPSA) is 17.0 Å². The Labute approximate surface area is 101 Å². The summed E-state index contributed by atoms with van der Waals surface area (Å²) in [6.07, 6.45) is 2.01. The van der Waals surface area contributed by atoms with Gasteiger partial charge in [0.15, 0.2) is 0 Å². The zero-order valence-corrected chi connectivity index (χ0v) is 10.2. The minimum atomic E-state index is -0.143. The van der Waals surface area contributed by atoms with Crippen molar-refractivity contribution in [2.75, 3.05) is 7.05 Å². The van der Waals surface area contributed by atoms with Crippen LogP contribution < -0.4 is 5.32 Å². The Morgan fingerprint density at radius 3 is 2.65 bits per heavy atom. The van der Waals surface area contributed by atoms with Gasteiger partial charge in [0.05, 0.1) is 6.54 Å². The molecule has 90 valence electrons. The average Bonchev–Trinajstić information content (AvgIpc) is 2.65. The van der Waals surface area contributed by atoms with E-state index in [-0.39, 0.29) is 5.82 Å². The second-order valence-corrected chi connectivity index (χ2v) is 4.18. The molecule has 0 unspecified atom stereocenters. The number of hydrogen-bond donors (Lipinski definition) is 1. The molecule has 1 aromatic carbocycles. The molecule has 0 atom stereocenters. The first-order valence-electron chi connectivity index (χ1n) is 5.75. The third-order valence-electron chi connectivity index (χ3n) is 3.02. The molecule has 0 radical (unpaired) electrons. The van der Waals surface area contributed by atoms with Gasteiger partial charge >= 0.3 is 0 Å². The Balaban J connectivity index is 2.22. The van der Waals surface area contributed by atoms with Crippen LogP contribution >= 0.6 is 0 Å². The predicted molar refractivity (Wildman–Crippen MR) is 67.4 cm³/mol. The molecule has 0 amide bonds. The highest BCUT2D eigenvalue weighted by atomic mass is 19.1. The first-order valence-corrected chi connectivity index (χ1v) is 5.75. The third kappa shape index (κ3) is 2.56. The average molecular weight is 232 g/mol. The predicted octanol–water partition coefficient (Wildman–Crippen LogP) is 2.70. The molecule has 1 heterocycles. The smallest absolute Gasteiger partial charge is 0.128 e. The number of aromatic nitrogens is 1. The van der Waals surface area contributed by atoms with Crippen molar-refractivity contribution in [2.24, 2.45) is 0 Å². The summed E-state index contributed by atoms with van der Waals surface area (Å²) in [5.74, 6) is -0.143. The van der Waals surface area contributed by atoms with E-state index in [1.54, 1.807) is 6.07 Å². The molecule has 2 rings (SSSR count). The van der Waals surface area contributed by atoms with Crippen LogP contribution in [0.2, 0.25) is 0 Å². The normalized spacial score (nSPS) is 10.8. The molecule has 3 heteroatoms. The summed E-state index contributed by atoms with van der Waals surface area (Å²) >= 11 is 0. The lowest BCUT2D eigenvalue weighted by Gasteiger charge is -2.08. The first kappa shape index (κ1) is 11.9. The van der Waals surface area contributed by atoms with Gasteiger partial charge in [0.25, 0.3) is 0 Å². The van der Waals surface area contributed by atoms with E-state index >= 15 is 0 Å². The van der Waals surface area contributed by atoms with Gasteiger partial charge in [0.2, 0.25) is 0 Å². The van der Waals surface area contributed by atoms with Crippen molar-refractivity contribution in [3.05, 3.63) is 59.2 Å². The van der Waals surface area contributed by atoms with Gasteiger partial charge in [0, 0.05) is 24.0 Å². The van der Waals surface area contributed by atoms with E-state index < -0.39 is 0 Å². The number of benzene rings is 1. The Bertz CT molecular complexity index is 503. The molecule has 1 N–H and O–H groups in total. The van der Waals surface area contributed by atoms with Crippen LogP contribution in [0.3, 0.4) is 0 Å². The summed E-state index contributed by atoms with van der Waals surface area (Å²) in [6, 6.07) is 8.99. The number of halogens is 1. The van der Waals surface area contributed by atoms with Gasteiger partial charge in [-0.15, -0.1) is 0 Å². The van der Waals surface area contributed by atoms with Gasteiger partial charge < -0.3 is 9.88 Å². The van der Waals surface area contributed by atoms with Crippen molar-refractivity contribution in [1.82, 2.24) is 9.88 Å². The Kier molecular flexibility index (Phi) is 3.59. The fraction of sp³-hybridized carbons (Fsp3) is 0.286. The van der Waals surface area contributed by atoms with Crippen LogP contribution in [0.5, 0.6) is 0 Å². The van der Waals surface area contributed by atoms with Crippen LogP contribution in [0, 0.1) is 12.7 Å². The highest BCUT2D eigenvalue weighted by Crippen LogP contribution is 2.14. The van der Waals surface area contributed by atoms with Crippen LogP contribution in [0.4, 0.5) is 4.39 Å². The quantitative estimate of drug-likeness (QED) is 0.857. The summed E-state index contributed by atoms with van der Waals surface area (Å²) in [7, 11) is 1.92. The molecule has 0 saturated carbocycles. The molecule has 1 aromatic heterocycles. The highest BCUT2D eigenvalue weighted by molar-refractivity contribution is 5.24. The summed E-state index contributed by atoms with van der Waals surface area (Å²) in [6.45, 7) is 3.49. The zero-order chi connectivity index (χ0) is 12.3. The number of hydrogen-bond acceptors (Lipinski definition) is 1. The van der Waals surface area contributed by atoms with E-state index in [0.29, 0.717) is 6.54 Å². The molecule has 17 heavy (non-hydrogen) atoms. The molecule has 0 aliphatic rings. The lowest BCUT2D eigenvalue weighted by atomic mass is 10.2. The number of nitrogens with one attached hydrogen (secondary N) is 1. The Morgan fingerprint density at radius 2 is 1.94 bits per heavy atom. The maximum atomic E-state index is 13.5. The molecule has 0 saturated heterocycles. The monoisotopic (exact) mass is 232 g/mol. The van der Waals surface area contributed by atoms with Crippen LogP contribution in [0.15, 0.2) is 36.5 Å². The van der Waals surface area contributed by atoms with Crippen molar-refractivity contribution in [2.45, 2.75) is 20.0 Å². The molecule has 0 aliphatic carbocycles. The SMILES string of the molecule is CNCc1ccn(Cc2ccccc2F)c1C. The fourth-order valence-electron chi connectivity index (χ4n) is 1.96. The van der Waals surface area contributed by atoms with Gasteiger partial charge in [-0.25, -0.2) is 4.39 Å². The molecule has 2 nitrogen and oxygen atoms in total. The van der Waals surface area contributed by atoms with Crippen LogP contribution in [-0.4, -0.2) is 11.6 Å². The van der Waals surface area contributed by atoms with E-state index in [2.05, 4.69) is 22.9 Å². The molecule has 0 spiro atoms. The van der Waals surface area contributed by atoms with Gasteiger partial charge in [-0.1, -0.05) is 18.2 Å². The lowest BCUT2D eigenvalue weighted by Crippen LogP contribution is -2.08. The standard InChI is InChI=1S/C14H17FN2/c1-11-12(9-16-2)7-8-17(11)10-13-5-3-4-6-14(13)15/h3-8,16H,9-10H2,1-2H3. The van der Waals surface area contributed by atoms with E-state index in [1.165, 1.54) is 17.3 Å². The van der Waals surface area contributed by atoms with Gasteiger partial charge in [0.1, 0.15) is 5.82 Å². The number of rotatable bonds is 4. The maximum Gasteiger partial charge on any atom is 0.128 e. The Hall–Kier alpha value is -1.61. The van der Waals surface area contributed by atoms with Crippen LogP contribution in [-0.2, 0) is 13.1 Å².